The highest BCUT2D eigenvalue weighted by Gasteiger charge is 2.43. The fourth-order valence-electron chi connectivity index (χ4n) is 3.46. The number of hydrogen-bond acceptors (Lipinski definition) is 7. The number of piperidine rings is 1. The SMILES string of the molecule is CN(C)c1nc(N)nc(N2CCC3(O)CCCCC3C2)n1. The zero-order valence-electron chi connectivity index (χ0n) is 12.8. The Kier molecular flexibility index (Phi) is 3.61. The second kappa shape index (κ2) is 5.29. The van der Waals surface area contributed by atoms with E-state index in [0.717, 1.165) is 38.8 Å². The molecule has 2 aliphatic rings. The lowest BCUT2D eigenvalue weighted by molar-refractivity contribution is -0.0614. The molecule has 1 saturated heterocycles. The summed E-state index contributed by atoms with van der Waals surface area (Å²) in [7, 11) is 3.77. The Morgan fingerprint density at radius 3 is 2.81 bits per heavy atom. The van der Waals surface area contributed by atoms with E-state index in [1.807, 2.05) is 19.0 Å². The lowest BCUT2D eigenvalue weighted by Gasteiger charge is -2.47. The summed E-state index contributed by atoms with van der Waals surface area (Å²) in [6, 6.07) is 0. The molecule has 1 aliphatic heterocycles. The molecule has 0 amide bonds. The minimum atomic E-state index is -0.488. The molecule has 2 unspecified atom stereocenters. The molecule has 3 N–H and O–H groups in total. The fraction of sp³-hybridized carbons (Fsp3) is 0.786. The summed E-state index contributed by atoms with van der Waals surface area (Å²) in [5.41, 5.74) is 5.31. The molecule has 0 radical (unpaired) electrons. The van der Waals surface area contributed by atoms with Crippen LogP contribution >= 0.6 is 0 Å². The van der Waals surface area contributed by atoms with Crippen molar-refractivity contribution in [3.05, 3.63) is 0 Å². The van der Waals surface area contributed by atoms with Gasteiger partial charge in [-0.15, -0.1) is 0 Å². The molecular weight excluding hydrogens is 268 g/mol. The molecular formula is C14H24N6O. The molecule has 7 heteroatoms. The number of aromatic nitrogens is 3. The van der Waals surface area contributed by atoms with E-state index >= 15 is 0 Å². The van der Waals surface area contributed by atoms with Crippen molar-refractivity contribution < 1.29 is 5.11 Å². The van der Waals surface area contributed by atoms with E-state index in [9.17, 15) is 5.11 Å². The van der Waals surface area contributed by atoms with Crippen LogP contribution < -0.4 is 15.5 Å². The zero-order chi connectivity index (χ0) is 15.0. The maximum absolute atomic E-state index is 10.7. The number of rotatable bonds is 2. The minimum absolute atomic E-state index is 0.244. The Hall–Kier alpha value is -1.63. The molecule has 3 rings (SSSR count). The number of nitrogen functional groups attached to an aromatic ring is 1. The van der Waals surface area contributed by atoms with Crippen LogP contribution in [-0.2, 0) is 0 Å². The Morgan fingerprint density at radius 1 is 1.24 bits per heavy atom. The topological polar surface area (TPSA) is 91.4 Å². The number of anilines is 3. The highest BCUT2D eigenvalue weighted by Crippen LogP contribution is 2.40. The average molecular weight is 292 g/mol. The quantitative estimate of drug-likeness (QED) is 0.827. The first-order valence-electron chi connectivity index (χ1n) is 7.64. The first-order valence-corrected chi connectivity index (χ1v) is 7.64. The van der Waals surface area contributed by atoms with Crippen molar-refractivity contribution in [2.24, 2.45) is 5.92 Å². The van der Waals surface area contributed by atoms with Gasteiger partial charge in [0.05, 0.1) is 5.60 Å². The summed E-state index contributed by atoms with van der Waals surface area (Å²) in [5, 5.41) is 10.7. The van der Waals surface area contributed by atoms with Gasteiger partial charge in [0.2, 0.25) is 17.8 Å². The van der Waals surface area contributed by atoms with Crippen LogP contribution in [0.4, 0.5) is 17.8 Å². The highest BCUT2D eigenvalue weighted by molar-refractivity contribution is 5.43. The summed E-state index contributed by atoms with van der Waals surface area (Å²) >= 11 is 0. The van der Waals surface area contributed by atoms with Crippen LogP contribution in [0.3, 0.4) is 0 Å². The van der Waals surface area contributed by atoms with Crippen molar-refractivity contribution in [3.8, 4) is 0 Å². The van der Waals surface area contributed by atoms with Gasteiger partial charge in [0.15, 0.2) is 0 Å². The summed E-state index contributed by atoms with van der Waals surface area (Å²) in [5.74, 6) is 1.75. The van der Waals surface area contributed by atoms with Crippen LogP contribution in [0.25, 0.3) is 0 Å². The largest absolute Gasteiger partial charge is 0.389 e. The molecule has 2 atom stereocenters. The van der Waals surface area contributed by atoms with Crippen molar-refractivity contribution in [3.63, 3.8) is 0 Å². The van der Waals surface area contributed by atoms with E-state index in [0.29, 0.717) is 17.8 Å². The third-order valence-electron chi connectivity index (χ3n) is 4.74. The normalized spacial score (nSPS) is 29.1. The van der Waals surface area contributed by atoms with Gasteiger partial charge >= 0.3 is 0 Å². The van der Waals surface area contributed by atoms with Crippen molar-refractivity contribution in [2.75, 3.05) is 42.7 Å². The van der Waals surface area contributed by atoms with Gasteiger partial charge in [-0.2, -0.15) is 15.0 Å². The van der Waals surface area contributed by atoms with Crippen LogP contribution in [0.5, 0.6) is 0 Å². The Morgan fingerprint density at radius 2 is 2.05 bits per heavy atom. The maximum atomic E-state index is 10.7. The van der Waals surface area contributed by atoms with Crippen LogP contribution in [0, 0.1) is 5.92 Å². The van der Waals surface area contributed by atoms with Crippen molar-refractivity contribution >= 4 is 17.8 Å². The lowest BCUT2D eigenvalue weighted by Crippen LogP contribution is -2.53. The van der Waals surface area contributed by atoms with Gasteiger partial charge in [-0.1, -0.05) is 12.8 Å². The molecule has 0 spiro atoms. The van der Waals surface area contributed by atoms with Gasteiger partial charge in [-0.25, -0.2) is 0 Å². The van der Waals surface area contributed by atoms with Crippen LogP contribution in [0.15, 0.2) is 0 Å². The second-order valence-corrected chi connectivity index (χ2v) is 6.43. The molecule has 2 fully saturated rings. The molecule has 21 heavy (non-hydrogen) atoms. The zero-order valence-corrected chi connectivity index (χ0v) is 12.8. The molecule has 2 heterocycles. The van der Waals surface area contributed by atoms with E-state index in [2.05, 4.69) is 19.9 Å². The summed E-state index contributed by atoms with van der Waals surface area (Å²) in [6.07, 6.45) is 5.11. The summed E-state index contributed by atoms with van der Waals surface area (Å²) < 4.78 is 0. The van der Waals surface area contributed by atoms with Gasteiger partial charge in [0.25, 0.3) is 0 Å². The Labute approximate surface area is 125 Å². The van der Waals surface area contributed by atoms with Gasteiger partial charge < -0.3 is 20.6 Å². The van der Waals surface area contributed by atoms with Crippen LogP contribution in [-0.4, -0.2) is 52.8 Å². The summed E-state index contributed by atoms with van der Waals surface area (Å²) in [6.45, 7) is 1.57. The van der Waals surface area contributed by atoms with Gasteiger partial charge in [-0.05, 0) is 19.3 Å². The minimum Gasteiger partial charge on any atom is -0.389 e. The number of aliphatic hydroxyl groups is 1. The van der Waals surface area contributed by atoms with E-state index in [1.165, 1.54) is 6.42 Å². The number of fused-ring (bicyclic) bond motifs is 1. The van der Waals surface area contributed by atoms with Crippen molar-refractivity contribution in [1.29, 1.82) is 0 Å². The summed E-state index contributed by atoms with van der Waals surface area (Å²) in [4.78, 5) is 16.8. The van der Waals surface area contributed by atoms with Crippen molar-refractivity contribution in [2.45, 2.75) is 37.7 Å². The third kappa shape index (κ3) is 2.74. The second-order valence-electron chi connectivity index (χ2n) is 6.43. The fourth-order valence-corrected chi connectivity index (χ4v) is 3.46. The average Bonchev–Trinajstić information content (AvgIpc) is 2.45. The van der Waals surface area contributed by atoms with Crippen LogP contribution in [0.2, 0.25) is 0 Å². The predicted molar refractivity (Wildman–Crippen MR) is 82.3 cm³/mol. The lowest BCUT2D eigenvalue weighted by atomic mass is 9.71. The Balaban J connectivity index is 1.82. The smallest absolute Gasteiger partial charge is 0.231 e. The molecule has 1 saturated carbocycles. The van der Waals surface area contributed by atoms with E-state index < -0.39 is 5.60 Å². The first-order chi connectivity index (χ1) is 9.98. The maximum Gasteiger partial charge on any atom is 0.231 e. The third-order valence-corrected chi connectivity index (χ3v) is 4.74. The molecule has 7 nitrogen and oxygen atoms in total. The van der Waals surface area contributed by atoms with E-state index in [1.54, 1.807) is 0 Å². The van der Waals surface area contributed by atoms with E-state index in [4.69, 9.17) is 5.73 Å². The van der Waals surface area contributed by atoms with Crippen molar-refractivity contribution in [1.82, 2.24) is 15.0 Å². The van der Waals surface area contributed by atoms with Gasteiger partial charge in [0, 0.05) is 33.1 Å². The molecule has 1 aromatic rings. The molecule has 0 aromatic carbocycles. The van der Waals surface area contributed by atoms with Gasteiger partial charge in [-0.3, -0.25) is 0 Å². The molecule has 1 aliphatic carbocycles. The van der Waals surface area contributed by atoms with Crippen LogP contribution in [0.1, 0.15) is 32.1 Å². The number of nitrogens with zero attached hydrogens (tertiary/aromatic N) is 5. The monoisotopic (exact) mass is 292 g/mol. The first kappa shape index (κ1) is 14.3. The molecule has 1 aromatic heterocycles. The number of hydrogen-bond donors (Lipinski definition) is 2. The molecule has 0 bridgehead atoms. The van der Waals surface area contributed by atoms with E-state index in [-0.39, 0.29) is 5.95 Å². The number of nitrogens with two attached hydrogens (primary N) is 1. The molecule has 116 valence electrons. The van der Waals surface area contributed by atoms with Gasteiger partial charge in [0.1, 0.15) is 0 Å². The highest BCUT2D eigenvalue weighted by atomic mass is 16.3. The standard InChI is InChI=1S/C14H24N6O/c1-19(2)12-16-11(15)17-13(18-12)20-8-7-14(21)6-4-3-5-10(14)9-20/h10,21H,3-9H2,1-2H3,(H2,15,16,17,18). The Bertz CT molecular complexity index is 522. The predicted octanol–water partition coefficient (Wildman–Crippen LogP) is 0.651.